The fourth-order valence-corrected chi connectivity index (χ4v) is 3.84. The number of hydrogen-bond donors (Lipinski definition) is 2. The van der Waals surface area contributed by atoms with Crippen molar-refractivity contribution in [2.45, 2.75) is 44.7 Å². The van der Waals surface area contributed by atoms with Crippen molar-refractivity contribution in [3.8, 4) is 0 Å². The lowest BCUT2D eigenvalue weighted by Crippen LogP contribution is -2.52. The maximum atomic E-state index is 12.8. The number of nitrogens with one attached hydrogen (secondary N) is 2. The van der Waals surface area contributed by atoms with Crippen LogP contribution in [0.2, 0.25) is 0 Å². The molecule has 2 fully saturated rings. The van der Waals surface area contributed by atoms with Crippen LogP contribution in [0.25, 0.3) is 0 Å². The highest BCUT2D eigenvalue weighted by Gasteiger charge is 2.31. The second kappa shape index (κ2) is 7.07. The fourth-order valence-electron chi connectivity index (χ4n) is 3.07. The van der Waals surface area contributed by atoms with Crippen molar-refractivity contribution >= 4 is 34.0 Å². The molecule has 2 aliphatic rings. The van der Waals surface area contributed by atoms with Crippen molar-refractivity contribution in [2.75, 3.05) is 16.8 Å². The van der Waals surface area contributed by atoms with Crippen LogP contribution >= 0.6 is 11.3 Å². The van der Waals surface area contributed by atoms with E-state index in [-0.39, 0.29) is 11.8 Å². The Labute approximate surface area is 156 Å². The number of amides is 2. The van der Waals surface area contributed by atoms with Crippen LogP contribution in [-0.2, 0) is 4.79 Å². The van der Waals surface area contributed by atoms with Crippen molar-refractivity contribution in [1.82, 2.24) is 10.3 Å². The minimum Gasteiger partial charge on any atom is -0.359 e. The first-order valence-electron chi connectivity index (χ1n) is 9.01. The summed E-state index contributed by atoms with van der Waals surface area (Å²) in [5.74, 6) is -0.339. The van der Waals surface area contributed by atoms with Crippen LogP contribution in [0.3, 0.4) is 0 Å². The highest BCUT2D eigenvalue weighted by molar-refractivity contribution is 7.13. The van der Waals surface area contributed by atoms with E-state index < -0.39 is 6.04 Å². The Morgan fingerprint density at radius 1 is 1.23 bits per heavy atom. The van der Waals surface area contributed by atoms with Gasteiger partial charge in [0.1, 0.15) is 11.7 Å². The van der Waals surface area contributed by atoms with Gasteiger partial charge in [-0.3, -0.25) is 9.59 Å². The predicted molar refractivity (Wildman–Crippen MR) is 103 cm³/mol. The van der Waals surface area contributed by atoms with Crippen LogP contribution < -0.4 is 15.5 Å². The number of rotatable bonds is 5. The van der Waals surface area contributed by atoms with Gasteiger partial charge in [0.15, 0.2) is 5.13 Å². The molecule has 2 N–H and O–H groups in total. The first-order valence-corrected chi connectivity index (χ1v) is 9.89. The molecule has 136 valence electrons. The molecule has 0 bridgehead atoms. The lowest BCUT2D eigenvalue weighted by atomic mass is 10.0. The van der Waals surface area contributed by atoms with E-state index in [1.807, 2.05) is 31.2 Å². The van der Waals surface area contributed by atoms with Gasteiger partial charge in [-0.1, -0.05) is 17.7 Å². The van der Waals surface area contributed by atoms with Gasteiger partial charge in [0.25, 0.3) is 5.91 Å². The summed E-state index contributed by atoms with van der Waals surface area (Å²) in [4.78, 5) is 31.4. The SMILES string of the molecule is Cc1ccc(N2CCCC(NC(=O)c3csc(NC4CC4)n3)C2=O)cc1. The lowest BCUT2D eigenvalue weighted by Gasteiger charge is -2.32. The number of nitrogens with zero attached hydrogens (tertiary/aromatic N) is 2. The Kier molecular flexibility index (Phi) is 4.63. The van der Waals surface area contributed by atoms with Crippen molar-refractivity contribution in [3.63, 3.8) is 0 Å². The molecule has 4 rings (SSSR count). The van der Waals surface area contributed by atoms with Gasteiger partial charge in [-0.25, -0.2) is 4.98 Å². The van der Waals surface area contributed by atoms with Crippen molar-refractivity contribution in [2.24, 2.45) is 0 Å². The first-order chi connectivity index (χ1) is 12.6. The van der Waals surface area contributed by atoms with Gasteiger partial charge in [-0.2, -0.15) is 0 Å². The van der Waals surface area contributed by atoms with Crippen LogP contribution in [0, 0.1) is 6.92 Å². The molecule has 1 atom stereocenters. The Morgan fingerprint density at radius 2 is 2.00 bits per heavy atom. The Morgan fingerprint density at radius 3 is 2.73 bits per heavy atom. The summed E-state index contributed by atoms with van der Waals surface area (Å²) in [6.07, 6.45) is 3.83. The molecular weight excluding hydrogens is 348 g/mol. The van der Waals surface area contributed by atoms with E-state index in [9.17, 15) is 9.59 Å². The number of anilines is 2. The number of aromatic nitrogens is 1. The molecule has 1 saturated carbocycles. The predicted octanol–water partition coefficient (Wildman–Crippen LogP) is 2.95. The largest absolute Gasteiger partial charge is 0.359 e. The zero-order valence-corrected chi connectivity index (χ0v) is 15.5. The molecule has 2 amide bonds. The summed E-state index contributed by atoms with van der Waals surface area (Å²) in [7, 11) is 0. The van der Waals surface area contributed by atoms with E-state index >= 15 is 0 Å². The van der Waals surface area contributed by atoms with Crippen molar-refractivity contribution in [3.05, 3.63) is 40.9 Å². The van der Waals surface area contributed by atoms with Crippen LogP contribution in [0.4, 0.5) is 10.8 Å². The van der Waals surface area contributed by atoms with Gasteiger partial charge in [0.2, 0.25) is 5.91 Å². The number of hydrogen-bond acceptors (Lipinski definition) is 5. The van der Waals surface area contributed by atoms with Crippen molar-refractivity contribution in [1.29, 1.82) is 0 Å². The Balaban J connectivity index is 1.41. The maximum absolute atomic E-state index is 12.8. The number of aryl methyl sites for hydroxylation is 1. The molecule has 2 heterocycles. The Bertz CT molecular complexity index is 813. The van der Waals surface area contributed by atoms with E-state index in [0.717, 1.165) is 35.6 Å². The summed E-state index contributed by atoms with van der Waals surface area (Å²) in [5.41, 5.74) is 2.41. The molecule has 1 aliphatic carbocycles. The fraction of sp³-hybridized carbons (Fsp3) is 0.421. The summed E-state index contributed by atoms with van der Waals surface area (Å²) >= 11 is 1.43. The van der Waals surface area contributed by atoms with E-state index in [4.69, 9.17) is 0 Å². The zero-order chi connectivity index (χ0) is 18.1. The number of carbonyl (C=O) groups is 2. The molecule has 0 radical (unpaired) electrons. The molecule has 0 spiro atoms. The number of carbonyl (C=O) groups excluding carboxylic acids is 2. The van der Waals surface area contributed by atoms with Crippen LogP contribution in [0.1, 0.15) is 41.7 Å². The van der Waals surface area contributed by atoms with Crippen LogP contribution in [0.15, 0.2) is 29.6 Å². The summed E-state index contributed by atoms with van der Waals surface area (Å²) < 4.78 is 0. The van der Waals surface area contributed by atoms with E-state index in [0.29, 0.717) is 24.7 Å². The van der Waals surface area contributed by atoms with E-state index in [2.05, 4.69) is 15.6 Å². The van der Waals surface area contributed by atoms with E-state index in [1.165, 1.54) is 11.3 Å². The lowest BCUT2D eigenvalue weighted by molar-refractivity contribution is -0.121. The molecule has 1 aliphatic heterocycles. The molecule has 1 saturated heterocycles. The normalized spacial score (nSPS) is 20.1. The molecular formula is C19H22N4O2S. The first kappa shape index (κ1) is 17.0. The van der Waals surface area contributed by atoms with Gasteiger partial charge in [-0.05, 0) is 44.7 Å². The van der Waals surface area contributed by atoms with Gasteiger partial charge in [-0.15, -0.1) is 11.3 Å². The molecule has 6 nitrogen and oxygen atoms in total. The third-order valence-corrected chi connectivity index (χ3v) is 5.50. The molecule has 1 aromatic carbocycles. The van der Waals surface area contributed by atoms with Gasteiger partial charge in [0, 0.05) is 23.7 Å². The van der Waals surface area contributed by atoms with E-state index in [1.54, 1.807) is 10.3 Å². The third-order valence-electron chi connectivity index (χ3n) is 4.73. The van der Waals surface area contributed by atoms with Crippen LogP contribution in [-0.4, -0.2) is 35.4 Å². The van der Waals surface area contributed by atoms with Crippen LogP contribution in [0.5, 0.6) is 0 Å². The second-order valence-electron chi connectivity index (χ2n) is 6.95. The molecule has 1 aromatic heterocycles. The molecule has 2 aromatic rings. The monoisotopic (exact) mass is 370 g/mol. The van der Waals surface area contributed by atoms with Gasteiger partial charge < -0.3 is 15.5 Å². The second-order valence-corrected chi connectivity index (χ2v) is 7.81. The summed E-state index contributed by atoms with van der Waals surface area (Å²) in [6, 6.07) is 7.89. The summed E-state index contributed by atoms with van der Waals surface area (Å²) in [5, 5.41) is 8.67. The average molecular weight is 370 g/mol. The third kappa shape index (κ3) is 3.72. The standard InChI is InChI=1S/C19H22N4O2S/c1-12-4-8-14(9-5-12)23-10-2-3-15(18(23)25)21-17(24)16-11-26-19(22-16)20-13-6-7-13/h4-5,8-9,11,13,15H,2-3,6-7,10H2,1H3,(H,20,22)(H,21,24). The average Bonchev–Trinajstić information content (AvgIpc) is 3.32. The molecule has 26 heavy (non-hydrogen) atoms. The molecule has 1 unspecified atom stereocenters. The quantitative estimate of drug-likeness (QED) is 0.849. The highest BCUT2D eigenvalue weighted by atomic mass is 32.1. The highest BCUT2D eigenvalue weighted by Crippen LogP contribution is 2.27. The minimum atomic E-state index is -0.501. The topological polar surface area (TPSA) is 74.3 Å². The zero-order valence-electron chi connectivity index (χ0n) is 14.7. The maximum Gasteiger partial charge on any atom is 0.271 e. The number of benzene rings is 1. The molecule has 7 heteroatoms. The number of thiazole rings is 1. The Hall–Kier alpha value is -2.41. The van der Waals surface area contributed by atoms with Gasteiger partial charge in [0.05, 0.1) is 0 Å². The minimum absolute atomic E-state index is 0.0555. The summed E-state index contributed by atoms with van der Waals surface area (Å²) in [6.45, 7) is 2.70. The number of piperidine rings is 1. The van der Waals surface area contributed by atoms with Crippen molar-refractivity contribution < 1.29 is 9.59 Å². The van der Waals surface area contributed by atoms with Gasteiger partial charge >= 0.3 is 0 Å². The smallest absolute Gasteiger partial charge is 0.271 e.